The molecule has 1 unspecified atom stereocenters. The van der Waals surface area contributed by atoms with Crippen molar-refractivity contribution in [1.29, 1.82) is 0 Å². The van der Waals surface area contributed by atoms with Crippen LogP contribution in [0.2, 0.25) is 0 Å². The van der Waals surface area contributed by atoms with E-state index in [0.717, 1.165) is 5.56 Å². The summed E-state index contributed by atoms with van der Waals surface area (Å²) < 4.78 is 15.7. The molecule has 0 aromatic heterocycles. The predicted molar refractivity (Wildman–Crippen MR) is 80.1 cm³/mol. The SMILES string of the molecule is C=CCC1=C(OC(C)=O)CC(c2ccc(OC)cc2)OC1=O. The molecule has 0 fully saturated rings. The van der Waals surface area contributed by atoms with Gasteiger partial charge in [0.15, 0.2) is 0 Å². The summed E-state index contributed by atoms with van der Waals surface area (Å²) in [5.74, 6) is 0.126. The fraction of sp³-hybridized carbons (Fsp3) is 0.294. The van der Waals surface area contributed by atoms with Gasteiger partial charge in [-0.1, -0.05) is 18.2 Å². The second-order valence-electron chi connectivity index (χ2n) is 4.86. The molecule has 5 heteroatoms. The van der Waals surface area contributed by atoms with Gasteiger partial charge in [-0.2, -0.15) is 0 Å². The van der Waals surface area contributed by atoms with E-state index in [4.69, 9.17) is 14.2 Å². The largest absolute Gasteiger partial charge is 0.497 e. The number of cyclic esters (lactones) is 1. The lowest BCUT2D eigenvalue weighted by Gasteiger charge is -2.26. The Balaban J connectivity index is 2.28. The van der Waals surface area contributed by atoms with E-state index >= 15 is 0 Å². The first kappa shape index (κ1) is 15.8. The summed E-state index contributed by atoms with van der Waals surface area (Å²) in [6.45, 7) is 4.91. The summed E-state index contributed by atoms with van der Waals surface area (Å²) in [5.41, 5.74) is 1.16. The molecule has 1 aromatic rings. The molecule has 1 aromatic carbocycles. The number of carbonyl (C=O) groups excluding carboxylic acids is 2. The van der Waals surface area contributed by atoms with Crippen LogP contribution in [-0.2, 0) is 19.1 Å². The van der Waals surface area contributed by atoms with Gasteiger partial charge < -0.3 is 14.2 Å². The van der Waals surface area contributed by atoms with Gasteiger partial charge >= 0.3 is 11.9 Å². The monoisotopic (exact) mass is 302 g/mol. The van der Waals surface area contributed by atoms with Crippen molar-refractivity contribution in [3.05, 3.63) is 53.8 Å². The van der Waals surface area contributed by atoms with Gasteiger partial charge in [0.2, 0.25) is 0 Å². The van der Waals surface area contributed by atoms with E-state index in [2.05, 4.69) is 6.58 Å². The number of methoxy groups -OCH3 is 1. The molecule has 116 valence electrons. The molecular formula is C17H18O5. The summed E-state index contributed by atoms with van der Waals surface area (Å²) in [4.78, 5) is 23.4. The van der Waals surface area contributed by atoms with E-state index in [9.17, 15) is 9.59 Å². The molecule has 5 nitrogen and oxygen atoms in total. The molecule has 2 rings (SSSR count). The molecule has 0 bridgehead atoms. The van der Waals surface area contributed by atoms with E-state index in [1.54, 1.807) is 25.3 Å². The number of benzene rings is 1. The maximum Gasteiger partial charge on any atom is 0.338 e. The summed E-state index contributed by atoms with van der Waals surface area (Å²) in [7, 11) is 1.58. The second-order valence-corrected chi connectivity index (χ2v) is 4.86. The molecule has 0 N–H and O–H groups in total. The molecule has 1 heterocycles. The number of carbonyl (C=O) groups is 2. The van der Waals surface area contributed by atoms with Crippen LogP contribution in [0.1, 0.15) is 31.4 Å². The Kier molecular flexibility index (Phi) is 4.99. The maximum absolute atomic E-state index is 12.1. The number of esters is 2. The van der Waals surface area contributed by atoms with Crippen LogP contribution in [-0.4, -0.2) is 19.0 Å². The fourth-order valence-corrected chi connectivity index (χ4v) is 2.27. The lowest BCUT2D eigenvalue weighted by atomic mass is 9.98. The zero-order valence-electron chi connectivity index (χ0n) is 12.6. The maximum atomic E-state index is 12.1. The van der Waals surface area contributed by atoms with Crippen LogP contribution in [0, 0.1) is 0 Å². The number of ether oxygens (including phenoxy) is 3. The van der Waals surface area contributed by atoms with E-state index in [-0.39, 0.29) is 0 Å². The summed E-state index contributed by atoms with van der Waals surface area (Å²) in [6, 6.07) is 7.22. The molecule has 0 saturated carbocycles. The highest BCUT2D eigenvalue weighted by molar-refractivity contribution is 5.91. The first-order valence-electron chi connectivity index (χ1n) is 6.91. The highest BCUT2D eigenvalue weighted by Gasteiger charge is 2.31. The van der Waals surface area contributed by atoms with Gasteiger partial charge in [-0.3, -0.25) is 4.79 Å². The summed E-state index contributed by atoms with van der Waals surface area (Å²) >= 11 is 0. The third-order valence-corrected chi connectivity index (χ3v) is 3.31. The molecule has 1 aliphatic rings. The quantitative estimate of drug-likeness (QED) is 0.618. The molecule has 22 heavy (non-hydrogen) atoms. The topological polar surface area (TPSA) is 61.8 Å². The second kappa shape index (κ2) is 6.93. The average Bonchev–Trinajstić information content (AvgIpc) is 2.50. The Morgan fingerprint density at radius 2 is 2.09 bits per heavy atom. The van der Waals surface area contributed by atoms with Crippen molar-refractivity contribution < 1.29 is 23.8 Å². The standard InChI is InChI=1S/C17H18O5/c1-4-5-14-16(21-11(2)18)10-15(22-17(14)19)12-6-8-13(20-3)9-7-12/h4,6-9,15H,1,5,10H2,2-3H3. The van der Waals surface area contributed by atoms with Gasteiger partial charge in [0.25, 0.3) is 0 Å². The number of hydrogen-bond acceptors (Lipinski definition) is 5. The molecule has 0 radical (unpaired) electrons. The van der Waals surface area contributed by atoms with Crippen molar-refractivity contribution >= 4 is 11.9 Å². The first-order chi connectivity index (χ1) is 10.5. The van der Waals surface area contributed by atoms with Crippen LogP contribution in [0.25, 0.3) is 0 Å². The van der Waals surface area contributed by atoms with Crippen LogP contribution in [0.4, 0.5) is 0 Å². The summed E-state index contributed by atoms with van der Waals surface area (Å²) in [6.07, 6.45) is 1.71. The van der Waals surface area contributed by atoms with Crippen LogP contribution < -0.4 is 4.74 Å². The first-order valence-corrected chi connectivity index (χ1v) is 6.91. The molecule has 1 atom stereocenters. The van der Waals surface area contributed by atoms with Gasteiger partial charge in [0, 0.05) is 19.8 Å². The van der Waals surface area contributed by atoms with Crippen molar-refractivity contribution in [3.63, 3.8) is 0 Å². The third kappa shape index (κ3) is 3.55. The van der Waals surface area contributed by atoms with E-state index in [0.29, 0.717) is 29.9 Å². The van der Waals surface area contributed by atoms with Gasteiger partial charge in [0.1, 0.15) is 17.6 Å². The summed E-state index contributed by atoms with van der Waals surface area (Å²) in [5, 5.41) is 0. The number of hydrogen-bond donors (Lipinski definition) is 0. The highest BCUT2D eigenvalue weighted by Crippen LogP contribution is 2.34. The van der Waals surface area contributed by atoms with E-state index in [1.807, 2.05) is 12.1 Å². The predicted octanol–water partition coefficient (Wildman–Crippen LogP) is 3.08. The molecule has 0 aliphatic carbocycles. The zero-order valence-corrected chi connectivity index (χ0v) is 12.6. The zero-order chi connectivity index (χ0) is 16.1. The van der Waals surface area contributed by atoms with E-state index in [1.165, 1.54) is 6.92 Å². The molecule has 0 spiro atoms. The minimum Gasteiger partial charge on any atom is -0.497 e. The minimum absolute atomic E-state index is 0.302. The van der Waals surface area contributed by atoms with Gasteiger partial charge in [-0.05, 0) is 17.7 Å². The Labute approximate surface area is 129 Å². The lowest BCUT2D eigenvalue weighted by Crippen LogP contribution is -2.23. The van der Waals surface area contributed by atoms with Crippen molar-refractivity contribution in [3.8, 4) is 5.75 Å². The third-order valence-electron chi connectivity index (χ3n) is 3.31. The van der Waals surface area contributed by atoms with Crippen LogP contribution in [0.5, 0.6) is 5.75 Å². The smallest absolute Gasteiger partial charge is 0.338 e. The molecular weight excluding hydrogens is 284 g/mol. The van der Waals surface area contributed by atoms with Gasteiger partial charge in [-0.25, -0.2) is 4.79 Å². The van der Waals surface area contributed by atoms with Crippen molar-refractivity contribution in [2.24, 2.45) is 0 Å². The Bertz CT molecular complexity index is 612. The average molecular weight is 302 g/mol. The fourth-order valence-electron chi connectivity index (χ4n) is 2.27. The normalized spacial score (nSPS) is 17.7. The van der Waals surface area contributed by atoms with Gasteiger partial charge in [-0.15, -0.1) is 6.58 Å². The Morgan fingerprint density at radius 3 is 2.64 bits per heavy atom. The van der Waals surface area contributed by atoms with Crippen molar-refractivity contribution in [2.45, 2.75) is 25.9 Å². The molecule has 0 saturated heterocycles. The van der Waals surface area contributed by atoms with Crippen LogP contribution >= 0.6 is 0 Å². The van der Waals surface area contributed by atoms with Crippen LogP contribution in [0.3, 0.4) is 0 Å². The highest BCUT2D eigenvalue weighted by atomic mass is 16.6. The number of allylic oxidation sites excluding steroid dienone is 1. The van der Waals surface area contributed by atoms with E-state index < -0.39 is 18.0 Å². The van der Waals surface area contributed by atoms with Gasteiger partial charge in [0.05, 0.1) is 12.7 Å². The molecule has 1 aliphatic heterocycles. The Hall–Kier alpha value is -2.56. The number of rotatable bonds is 5. The Morgan fingerprint density at radius 1 is 1.41 bits per heavy atom. The van der Waals surface area contributed by atoms with Crippen molar-refractivity contribution in [1.82, 2.24) is 0 Å². The minimum atomic E-state index is -0.485. The molecule has 0 amide bonds. The van der Waals surface area contributed by atoms with Crippen LogP contribution in [0.15, 0.2) is 48.3 Å². The lowest BCUT2D eigenvalue weighted by molar-refractivity contribution is -0.149. The van der Waals surface area contributed by atoms with Crippen molar-refractivity contribution in [2.75, 3.05) is 7.11 Å².